The molecule has 28 heavy (non-hydrogen) atoms. The fourth-order valence-corrected chi connectivity index (χ4v) is 3.40. The number of nitrogens with one attached hydrogen (secondary N) is 2. The van der Waals surface area contributed by atoms with Crippen LogP contribution in [0, 0.1) is 0 Å². The average molecular weight is 382 g/mol. The Morgan fingerprint density at radius 2 is 1.82 bits per heavy atom. The lowest BCUT2D eigenvalue weighted by atomic mass is 9.96. The molecule has 5 heteroatoms. The molecule has 0 atom stereocenters. The molecule has 0 unspecified atom stereocenters. The minimum Gasteiger partial charge on any atom is -0.444 e. The number of piperazine rings is 1. The Hall–Kier alpha value is -2.53. The molecular weight excluding hydrogens is 350 g/mol. The fourth-order valence-electron chi connectivity index (χ4n) is 3.40. The lowest BCUT2D eigenvalue weighted by molar-refractivity contribution is 0.0528. The molecule has 3 rings (SSSR count). The second kappa shape index (κ2) is 9.11. The first-order chi connectivity index (χ1) is 13.4. The van der Waals surface area contributed by atoms with Crippen LogP contribution < -0.4 is 15.5 Å². The van der Waals surface area contributed by atoms with Crippen molar-refractivity contribution >= 4 is 11.8 Å². The van der Waals surface area contributed by atoms with Gasteiger partial charge in [0.1, 0.15) is 5.60 Å². The zero-order valence-electron chi connectivity index (χ0n) is 17.1. The number of carbonyl (C=O) groups is 1. The van der Waals surface area contributed by atoms with Gasteiger partial charge in [-0.05, 0) is 56.0 Å². The Morgan fingerprint density at radius 1 is 1.11 bits per heavy atom. The van der Waals surface area contributed by atoms with Crippen LogP contribution >= 0.6 is 0 Å². The van der Waals surface area contributed by atoms with Gasteiger partial charge >= 0.3 is 6.09 Å². The Kier molecular flexibility index (Phi) is 6.57. The van der Waals surface area contributed by atoms with Gasteiger partial charge in [0.05, 0.1) is 0 Å². The molecule has 1 saturated heterocycles. The number of hydrogen-bond donors (Lipinski definition) is 2. The van der Waals surface area contributed by atoms with Crippen LogP contribution in [0.4, 0.5) is 10.5 Å². The number of amides is 1. The van der Waals surface area contributed by atoms with E-state index in [1.165, 1.54) is 22.4 Å². The molecule has 5 nitrogen and oxygen atoms in total. The molecule has 0 spiro atoms. The maximum absolute atomic E-state index is 11.9. The minimum absolute atomic E-state index is 0.369. The van der Waals surface area contributed by atoms with Gasteiger partial charge in [-0.3, -0.25) is 0 Å². The van der Waals surface area contributed by atoms with E-state index < -0.39 is 5.60 Å². The van der Waals surface area contributed by atoms with Crippen molar-refractivity contribution in [3.63, 3.8) is 0 Å². The average Bonchev–Trinajstić information content (AvgIpc) is 2.68. The molecule has 1 aliphatic heterocycles. The summed E-state index contributed by atoms with van der Waals surface area (Å²) < 4.78 is 5.33. The van der Waals surface area contributed by atoms with E-state index in [1.54, 1.807) is 0 Å². The Labute approximate surface area is 168 Å². The summed E-state index contributed by atoms with van der Waals surface area (Å²) in [6.07, 6.45) is 0.386. The molecule has 0 aromatic heterocycles. The van der Waals surface area contributed by atoms with Gasteiger partial charge in [-0.15, -0.1) is 0 Å². The Bertz CT molecular complexity index is 778. The van der Waals surface area contributed by atoms with Crippen LogP contribution in [0.5, 0.6) is 0 Å². The van der Waals surface area contributed by atoms with Crippen molar-refractivity contribution in [1.82, 2.24) is 10.6 Å². The molecule has 0 radical (unpaired) electrons. The number of benzene rings is 2. The lowest BCUT2D eigenvalue weighted by Gasteiger charge is -2.30. The van der Waals surface area contributed by atoms with E-state index in [1.807, 2.05) is 26.8 Å². The predicted octanol–water partition coefficient (Wildman–Crippen LogP) is 3.83. The monoisotopic (exact) mass is 381 g/mol. The van der Waals surface area contributed by atoms with Crippen LogP contribution in [0.3, 0.4) is 0 Å². The number of carbonyl (C=O) groups excluding carboxylic acids is 1. The second-order valence-electron chi connectivity index (χ2n) is 8.12. The van der Waals surface area contributed by atoms with Gasteiger partial charge in [-0.2, -0.15) is 0 Å². The van der Waals surface area contributed by atoms with Gasteiger partial charge in [0.15, 0.2) is 0 Å². The molecule has 1 fully saturated rings. The highest BCUT2D eigenvalue weighted by Gasteiger charge is 2.16. The van der Waals surface area contributed by atoms with Gasteiger partial charge in [0.2, 0.25) is 0 Å². The van der Waals surface area contributed by atoms with E-state index in [4.69, 9.17) is 4.74 Å². The molecule has 2 aromatic rings. The summed E-state index contributed by atoms with van der Waals surface area (Å²) in [6, 6.07) is 17.1. The Morgan fingerprint density at radius 3 is 2.50 bits per heavy atom. The SMILES string of the molecule is CC(C)(C)OC(=O)NCCc1ccc(N2CCNCC2)cc1-c1ccccc1. The first kappa shape index (κ1) is 20.2. The zero-order chi connectivity index (χ0) is 20.0. The molecule has 1 amide bonds. The molecule has 0 aliphatic carbocycles. The molecule has 0 bridgehead atoms. The van der Waals surface area contributed by atoms with Gasteiger partial charge in [0.25, 0.3) is 0 Å². The number of nitrogens with zero attached hydrogens (tertiary/aromatic N) is 1. The van der Waals surface area contributed by atoms with E-state index in [0.29, 0.717) is 6.54 Å². The van der Waals surface area contributed by atoms with Crippen molar-refractivity contribution in [1.29, 1.82) is 0 Å². The van der Waals surface area contributed by atoms with Gasteiger partial charge in [-0.25, -0.2) is 4.79 Å². The topological polar surface area (TPSA) is 53.6 Å². The van der Waals surface area contributed by atoms with E-state index in [-0.39, 0.29) is 6.09 Å². The van der Waals surface area contributed by atoms with Crippen molar-refractivity contribution in [3.05, 3.63) is 54.1 Å². The molecule has 150 valence electrons. The summed E-state index contributed by atoms with van der Waals surface area (Å²) in [4.78, 5) is 14.3. The summed E-state index contributed by atoms with van der Waals surface area (Å²) >= 11 is 0. The van der Waals surface area contributed by atoms with Crippen molar-refractivity contribution in [2.75, 3.05) is 37.6 Å². The van der Waals surface area contributed by atoms with Gasteiger partial charge in [-0.1, -0.05) is 36.4 Å². The van der Waals surface area contributed by atoms with Crippen molar-refractivity contribution in [2.24, 2.45) is 0 Å². The predicted molar refractivity (Wildman–Crippen MR) is 115 cm³/mol. The van der Waals surface area contributed by atoms with E-state index in [9.17, 15) is 4.79 Å². The first-order valence-electron chi connectivity index (χ1n) is 10.0. The summed E-state index contributed by atoms with van der Waals surface area (Å²) in [5.41, 5.74) is 4.42. The summed E-state index contributed by atoms with van der Waals surface area (Å²) in [7, 11) is 0. The molecule has 0 saturated carbocycles. The normalized spacial score (nSPS) is 14.6. The first-order valence-corrected chi connectivity index (χ1v) is 10.0. The van der Waals surface area contributed by atoms with Crippen LogP contribution in [0.1, 0.15) is 26.3 Å². The third-order valence-electron chi connectivity index (χ3n) is 4.72. The van der Waals surface area contributed by atoms with Crippen molar-refractivity contribution in [2.45, 2.75) is 32.8 Å². The van der Waals surface area contributed by atoms with Crippen LogP contribution in [-0.4, -0.2) is 44.4 Å². The largest absolute Gasteiger partial charge is 0.444 e. The standard InChI is InChI=1S/C23H31N3O2/c1-23(2,3)28-22(27)25-12-11-19-9-10-20(26-15-13-24-14-16-26)17-21(19)18-7-5-4-6-8-18/h4-10,17,24H,11-16H2,1-3H3,(H,25,27). The third kappa shape index (κ3) is 5.73. The molecule has 1 aliphatic rings. The maximum atomic E-state index is 11.9. The number of hydrogen-bond acceptors (Lipinski definition) is 4. The van der Waals surface area contributed by atoms with Crippen LogP contribution in [-0.2, 0) is 11.2 Å². The minimum atomic E-state index is -0.482. The quantitative estimate of drug-likeness (QED) is 0.826. The van der Waals surface area contributed by atoms with Gasteiger partial charge < -0.3 is 20.3 Å². The maximum Gasteiger partial charge on any atom is 0.407 e. The summed E-state index contributed by atoms with van der Waals surface area (Å²) in [5.74, 6) is 0. The molecule has 1 heterocycles. The highest BCUT2D eigenvalue weighted by molar-refractivity contribution is 5.72. The van der Waals surface area contributed by atoms with E-state index in [2.05, 4.69) is 58.0 Å². The highest BCUT2D eigenvalue weighted by atomic mass is 16.6. The fraction of sp³-hybridized carbons (Fsp3) is 0.435. The third-order valence-corrected chi connectivity index (χ3v) is 4.72. The Balaban J connectivity index is 1.75. The van der Waals surface area contributed by atoms with Gasteiger partial charge in [0, 0.05) is 38.4 Å². The smallest absolute Gasteiger partial charge is 0.407 e. The molecule has 2 aromatic carbocycles. The van der Waals surface area contributed by atoms with Crippen LogP contribution in [0.25, 0.3) is 11.1 Å². The zero-order valence-corrected chi connectivity index (χ0v) is 17.1. The van der Waals surface area contributed by atoms with Crippen molar-refractivity contribution < 1.29 is 9.53 Å². The number of ether oxygens (including phenoxy) is 1. The summed E-state index contributed by atoms with van der Waals surface area (Å²) in [5, 5.41) is 6.27. The molecule has 2 N–H and O–H groups in total. The summed E-state index contributed by atoms with van der Waals surface area (Å²) in [6.45, 7) is 10.2. The number of anilines is 1. The van der Waals surface area contributed by atoms with Crippen molar-refractivity contribution in [3.8, 4) is 11.1 Å². The second-order valence-corrected chi connectivity index (χ2v) is 8.12. The van der Waals surface area contributed by atoms with E-state index in [0.717, 1.165) is 32.6 Å². The van der Waals surface area contributed by atoms with E-state index >= 15 is 0 Å². The highest BCUT2D eigenvalue weighted by Crippen LogP contribution is 2.29. The molecular formula is C23H31N3O2. The van der Waals surface area contributed by atoms with Crippen LogP contribution in [0.2, 0.25) is 0 Å². The van der Waals surface area contributed by atoms with Crippen LogP contribution in [0.15, 0.2) is 48.5 Å². The number of rotatable bonds is 5. The lowest BCUT2D eigenvalue weighted by Crippen LogP contribution is -2.43. The number of alkyl carbamates (subject to hydrolysis) is 1.